The number of amides is 1. The Morgan fingerprint density at radius 2 is 2.29 bits per heavy atom. The zero-order valence-electron chi connectivity index (χ0n) is 14.2. The summed E-state index contributed by atoms with van der Waals surface area (Å²) in [6.07, 6.45) is 1.38. The highest BCUT2D eigenvalue weighted by atomic mass is 35.5. The van der Waals surface area contributed by atoms with Gasteiger partial charge in [0.25, 0.3) is 5.91 Å². The molecule has 4 N–H and O–H groups in total. The molecule has 0 spiro atoms. The first kappa shape index (κ1) is 17.3. The van der Waals surface area contributed by atoms with Crippen LogP contribution >= 0.6 is 11.6 Å². The Morgan fingerprint density at radius 1 is 1.54 bits per heavy atom. The average molecular weight is 354 g/mol. The lowest BCUT2D eigenvalue weighted by Gasteiger charge is -2.31. The molecule has 1 aromatic carbocycles. The third-order valence-electron chi connectivity index (χ3n) is 4.64. The van der Waals surface area contributed by atoms with Crippen LogP contribution in [0.15, 0.2) is 6.07 Å². The van der Waals surface area contributed by atoms with E-state index < -0.39 is 5.60 Å². The minimum atomic E-state index is -0.403. The molecule has 2 aliphatic heterocycles. The van der Waals surface area contributed by atoms with Crippen LogP contribution in [0.4, 0.5) is 5.69 Å². The van der Waals surface area contributed by atoms with E-state index in [1.807, 2.05) is 13.8 Å². The maximum atomic E-state index is 12.8. The Balaban J connectivity index is 1.88. The van der Waals surface area contributed by atoms with E-state index >= 15 is 0 Å². The number of nitrogens with one attached hydrogen (secondary N) is 2. The molecule has 0 saturated carbocycles. The summed E-state index contributed by atoms with van der Waals surface area (Å²) in [5.74, 6) is 0.335. The largest absolute Gasteiger partial charge is 0.486 e. The van der Waals surface area contributed by atoms with Crippen molar-refractivity contribution in [2.75, 3.05) is 25.9 Å². The molecule has 132 valence electrons. The summed E-state index contributed by atoms with van der Waals surface area (Å²) in [7, 11) is 1.65. The summed E-state index contributed by atoms with van der Waals surface area (Å²) in [6.45, 7) is 5.49. The van der Waals surface area contributed by atoms with Crippen LogP contribution in [0.2, 0.25) is 5.02 Å². The summed E-state index contributed by atoms with van der Waals surface area (Å²) >= 11 is 6.24. The number of carbonyl (C=O) groups is 1. The van der Waals surface area contributed by atoms with Gasteiger partial charge in [-0.05, 0) is 32.9 Å². The molecule has 0 unspecified atom stereocenters. The van der Waals surface area contributed by atoms with Crippen molar-refractivity contribution in [2.24, 2.45) is 0 Å². The number of methoxy groups -OCH3 is 1. The molecule has 2 heterocycles. The fourth-order valence-corrected chi connectivity index (χ4v) is 3.61. The predicted molar refractivity (Wildman–Crippen MR) is 93.8 cm³/mol. The predicted octanol–water partition coefficient (Wildman–Crippen LogP) is 1.74. The lowest BCUT2D eigenvalue weighted by molar-refractivity contribution is 0.0474. The topological polar surface area (TPSA) is 85.6 Å². The first-order valence-corrected chi connectivity index (χ1v) is 8.54. The molecule has 2 aliphatic rings. The third-order valence-corrected chi connectivity index (χ3v) is 4.96. The molecule has 0 aliphatic carbocycles. The number of carbonyl (C=O) groups excluding carboxylic acids is 1. The van der Waals surface area contributed by atoms with E-state index in [2.05, 4.69) is 10.6 Å². The molecule has 3 rings (SSSR count). The number of hydrogen-bond donors (Lipinski definition) is 3. The van der Waals surface area contributed by atoms with Crippen LogP contribution in [-0.2, 0) is 11.2 Å². The quantitative estimate of drug-likeness (QED) is 0.721. The minimum absolute atomic E-state index is 0.0508. The fraction of sp³-hybridized carbons (Fsp3) is 0.588. The van der Waals surface area contributed by atoms with Crippen LogP contribution in [0.3, 0.4) is 0 Å². The van der Waals surface area contributed by atoms with Gasteiger partial charge < -0.3 is 25.8 Å². The van der Waals surface area contributed by atoms with Crippen LogP contribution in [0.1, 0.15) is 36.2 Å². The van der Waals surface area contributed by atoms with Gasteiger partial charge in [-0.1, -0.05) is 11.6 Å². The number of anilines is 1. The molecule has 24 heavy (non-hydrogen) atoms. The number of hydrogen-bond acceptors (Lipinski definition) is 5. The highest BCUT2D eigenvalue weighted by molar-refractivity contribution is 6.33. The van der Waals surface area contributed by atoms with Crippen LogP contribution in [0.25, 0.3) is 0 Å². The van der Waals surface area contributed by atoms with E-state index in [1.54, 1.807) is 13.2 Å². The van der Waals surface area contributed by atoms with Crippen LogP contribution < -0.4 is 21.1 Å². The molecule has 7 heteroatoms. The highest BCUT2D eigenvalue weighted by Crippen LogP contribution is 2.44. The zero-order chi connectivity index (χ0) is 17.5. The van der Waals surface area contributed by atoms with Crippen molar-refractivity contribution in [2.45, 2.75) is 44.4 Å². The van der Waals surface area contributed by atoms with E-state index in [4.69, 9.17) is 26.8 Å². The van der Waals surface area contributed by atoms with Crippen LogP contribution in [0.5, 0.6) is 5.75 Å². The molecule has 1 saturated heterocycles. The number of nitrogens with two attached hydrogens (primary N) is 1. The molecule has 1 fully saturated rings. The molecule has 0 radical (unpaired) electrons. The molecule has 0 aromatic heterocycles. The number of halogens is 1. The van der Waals surface area contributed by atoms with Crippen molar-refractivity contribution in [1.82, 2.24) is 10.6 Å². The van der Waals surface area contributed by atoms with E-state index in [0.717, 1.165) is 18.5 Å². The molecule has 1 amide bonds. The van der Waals surface area contributed by atoms with E-state index in [1.165, 1.54) is 0 Å². The Bertz CT molecular complexity index is 663. The lowest BCUT2D eigenvalue weighted by atomic mass is 9.98. The van der Waals surface area contributed by atoms with Gasteiger partial charge in [0.05, 0.1) is 28.4 Å². The Labute approximate surface area is 147 Å². The van der Waals surface area contributed by atoms with Gasteiger partial charge >= 0.3 is 0 Å². The van der Waals surface area contributed by atoms with Gasteiger partial charge in [-0.2, -0.15) is 0 Å². The van der Waals surface area contributed by atoms with E-state index in [0.29, 0.717) is 35.0 Å². The van der Waals surface area contributed by atoms with Gasteiger partial charge in [-0.25, -0.2) is 0 Å². The van der Waals surface area contributed by atoms with Gasteiger partial charge in [0.2, 0.25) is 0 Å². The summed E-state index contributed by atoms with van der Waals surface area (Å²) in [6, 6.07) is 1.54. The fourth-order valence-electron chi connectivity index (χ4n) is 3.39. The summed E-state index contributed by atoms with van der Waals surface area (Å²) in [4.78, 5) is 12.8. The average Bonchev–Trinajstić information content (AvgIpc) is 2.87. The Hall–Kier alpha value is -1.50. The molecule has 1 aromatic rings. The molecule has 2 atom stereocenters. The van der Waals surface area contributed by atoms with Crippen molar-refractivity contribution in [3.8, 4) is 5.75 Å². The molecular formula is C17H24ClN3O3. The summed E-state index contributed by atoms with van der Waals surface area (Å²) in [5, 5.41) is 6.70. The first-order chi connectivity index (χ1) is 11.3. The standard InChI is InChI=1S/C17H24ClN3O3/c1-17(2)7-10-14(19)11(18)6-9(15(10)24-17)16(22)21-12-4-5-20-8-13(12)23-3/h6,12-13,20H,4-5,7-8,19H2,1-3H3,(H,21,22)/t12-,13+/m0/s1. The van der Waals surface area contributed by atoms with Gasteiger partial charge in [0, 0.05) is 25.6 Å². The van der Waals surface area contributed by atoms with Gasteiger partial charge in [-0.15, -0.1) is 0 Å². The molecular weight excluding hydrogens is 330 g/mol. The number of piperidine rings is 1. The zero-order valence-corrected chi connectivity index (χ0v) is 15.0. The van der Waals surface area contributed by atoms with Crippen molar-refractivity contribution in [3.05, 3.63) is 22.2 Å². The Morgan fingerprint density at radius 3 is 3.00 bits per heavy atom. The second kappa shape index (κ2) is 6.43. The summed E-state index contributed by atoms with van der Waals surface area (Å²) < 4.78 is 11.4. The second-order valence-corrected chi connectivity index (χ2v) is 7.42. The maximum absolute atomic E-state index is 12.8. The highest BCUT2D eigenvalue weighted by Gasteiger charge is 2.37. The van der Waals surface area contributed by atoms with E-state index in [-0.39, 0.29) is 18.1 Å². The van der Waals surface area contributed by atoms with Crippen LogP contribution in [0, 0.1) is 0 Å². The van der Waals surface area contributed by atoms with Crippen molar-refractivity contribution in [1.29, 1.82) is 0 Å². The number of fused-ring (bicyclic) bond motifs is 1. The van der Waals surface area contributed by atoms with Crippen molar-refractivity contribution >= 4 is 23.2 Å². The van der Waals surface area contributed by atoms with Crippen LogP contribution in [-0.4, -0.2) is 43.9 Å². The lowest BCUT2D eigenvalue weighted by Crippen LogP contribution is -2.53. The van der Waals surface area contributed by atoms with Gasteiger partial charge in [0.1, 0.15) is 11.4 Å². The van der Waals surface area contributed by atoms with Crippen molar-refractivity contribution in [3.63, 3.8) is 0 Å². The molecule has 6 nitrogen and oxygen atoms in total. The van der Waals surface area contributed by atoms with Gasteiger partial charge in [-0.3, -0.25) is 4.79 Å². The first-order valence-electron chi connectivity index (χ1n) is 8.16. The maximum Gasteiger partial charge on any atom is 0.255 e. The van der Waals surface area contributed by atoms with E-state index in [9.17, 15) is 4.79 Å². The number of nitrogen functional groups attached to an aromatic ring is 1. The SMILES string of the molecule is CO[C@@H]1CNCC[C@@H]1NC(=O)c1cc(Cl)c(N)c2c1OC(C)(C)C2. The number of ether oxygens (including phenoxy) is 2. The monoisotopic (exact) mass is 353 g/mol. The second-order valence-electron chi connectivity index (χ2n) is 7.01. The molecule has 0 bridgehead atoms. The normalized spacial score (nSPS) is 25.0. The van der Waals surface area contributed by atoms with Crippen molar-refractivity contribution < 1.29 is 14.3 Å². The Kier molecular flexibility index (Phi) is 4.64. The number of rotatable bonds is 3. The minimum Gasteiger partial charge on any atom is -0.486 e. The number of benzene rings is 1. The summed E-state index contributed by atoms with van der Waals surface area (Å²) in [5.41, 5.74) is 7.41. The van der Waals surface area contributed by atoms with Gasteiger partial charge in [0.15, 0.2) is 0 Å². The smallest absolute Gasteiger partial charge is 0.255 e. The third kappa shape index (κ3) is 3.18.